The molecule has 0 aromatic heterocycles. The zero-order valence-corrected chi connectivity index (χ0v) is 14.0. The predicted octanol–water partition coefficient (Wildman–Crippen LogP) is 4.20. The topological polar surface area (TPSA) is 18.5 Å². The van der Waals surface area contributed by atoms with E-state index in [2.05, 4.69) is 57.2 Å². The summed E-state index contributed by atoms with van der Waals surface area (Å²) in [7, 11) is -1.81. The van der Waals surface area contributed by atoms with Gasteiger partial charge >= 0.3 is 9.28 Å². The van der Waals surface area contributed by atoms with E-state index in [9.17, 15) is 0 Å². The van der Waals surface area contributed by atoms with Gasteiger partial charge in [-0.15, -0.1) is 0 Å². The normalized spacial score (nSPS) is 18.0. The maximum Gasteiger partial charge on any atom is 0.336 e. The SMILES string of the molecule is CCO[SiH](OCC)C(CC)(C1=CC=CC1)C1=CC=CC1. The summed E-state index contributed by atoms with van der Waals surface area (Å²) >= 11 is 0. The van der Waals surface area contributed by atoms with Gasteiger partial charge in [-0.25, -0.2) is 0 Å². The Morgan fingerprint density at radius 2 is 1.45 bits per heavy atom. The van der Waals surface area contributed by atoms with Crippen LogP contribution < -0.4 is 0 Å². The third kappa shape index (κ3) is 2.76. The molecule has 0 radical (unpaired) electrons. The maximum absolute atomic E-state index is 6.14. The Morgan fingerprint density at radius 3 is 1.75 bits per heavy atom. The Bertz CT molecular complexity index is 410. The average molecular weight is 290 g/mol. The molecule has 2 aliphatic carbocycles. The Hall–Kier alpha value is -0.903. The summed E-state index contributed by atoms with van der Waals surface area (Å²) in [6.45, 7) is 7.89. The molecule has 2 nitrogen and oxygen atoms in total. The number of allylic oxidation sites excluding steroid dienone is 8. The molecule has 0 saturated heterocycles. The third-order valence-corrected chi connectivity index (χ3v) is 7.51. The first-order chi connectivity index (χ1) is 9.79. The van der Waals surface area contributed by atoms with Gasteiger partial charge in [0.25, 0.3) is 0 Å². The van der Waals surface area contributed by atoms with E-state index in [1.807, 2.05) is 0 Å². The fraction of sp³-hybridized carbons (Fsp3) is 0.529. The van der Waals surface area contributed by atoms with E-state index in [4.69, 9.17) is 8.85 Å². The zero-order valence-electron chi connectivity index (χ0n) is 12.9. The summed E-state index contributed by atoms with van der Waals surface area (Å²) < 4.78 is 12.3. The van der Waals surface area contributed by atoms with Gasteiger partial charge < -0.3 is 8.85 Å². The summed E-state index contributed by atoms with van der Waals surface area (Å²) in [4.78, 5) is 0. The van der Waals surface area contributed by atoms with Gasteiger partial charge in [0.15, 0.2) is 0 Å². The molecular weight excluding hydrogens is 264 g/mol. The molecule has 0 heterocycles. The van der Waals surface area contributed by atoms with E-state index >= 15 is 0 Å². The molecule has 2 aliphatic rings. The van der Waals surface area contributed by atoms with Crippen LogP contribution in [0.1, 0.15) is 40.0 Å². The molecule has 0 unspecified atom stereocenters. The molecule has 0 aromatic carbocycles. The molecule has 0 spiro atoms. The number of hydrogen-bond donors (Lipinski definition) is 0. The van der Waals surface area contributed by atoms with Crippen molar-refractivity contribution in [1.82, 2.24) is 0 Å². The lowest BCUT2D eigenvalue weighted by molar-refractivity contribution is 0.194. The van der Waals surface area contributed by atoms with Gasteiger partial charge in [-0.3, -0.25) is 0 Å². The van der Waals surface area contributed by atoms with E-state index in [1.165, 1.54) is 11.1 Å². The van der Waals surface area contributed by atoms with Crippen molar-refractivity contribution in [2.45, 2.75) is 45.1 Å². The summed E-state index contributed by atoms with van der Waals surface area (Å²) in [5.41, 5.74) is 2.96. The van der Waals surface area contributed by atoms with Crippen LogP contribution in [0.15, 0.2) is 47.6 Å². The molecule has 2 rings (SSSR count). The van der Waals surface area contributed by atoms with Crippen LogP contribution in [0.5, 0.6) is 0 Å². The summed E-state index contributed by atoms with van der Waals surface area (Å²) in [6.07, 6.45) is 16.5. The lowest BCUT2D eigenvalue weighted by atomic mass is 9.85. The maximum atomic E-state index is 6.14. The minimum Gasteiger partial charge on any atom is -0.396 e. The summed E-state index contributed by atoms with van der Waals surface area (Å²) in [6, 6.07) is 0. The van der Waals surface area contributed by atoms with Crippen LogP contribution in [0, 0.1) is 0 Å². The minimum atomic E-state index is -1.81. The summed E-state index contributed by atoms with van der Waals surface area (Å²) in [5, 5.41) is 0.0129. The first-order valence-corrected chi connectivity index (χ1v) is 9.27. The van der Waals surface area contributed by atoms with E-state index in [1.54, 1.807) is 0 Å². The highest BCUT2D eigenvalue weighted by Gasteiger charge is 2.47. The van der Waals surface area contributed by atoms with Gasteiger partial charge in [0.05, 0.1) is 5.04 Å². The molecule has 0 amide bonds. The Labute approximate surface area is 124 Å². The fourth-order valence-electron chi connectivity index (χ4n) is 3.32. The van der Waals surface area contributed by atoms with Crippen molar-refractivity contribution >= 4 is 9.28 Å². The van der Waals surface area contributed by atoms with Crippen molar-refractivity contribution in [3.8, 4) is 0 Å². The van der Waals surface area contributed by atoms with Crippen molar-refractivity contribution in [2.24, 2.45) is 0 Å². The first-order valence-electron chi connectivity index (χ1n) is 7.75. The zero-order chi connectivity index (χ0) is 14.4. The molecule has 0 fully saturated rings. The van der Waals surface area contributed by atoms with Crippen LogP contribution in [0.4, 0.5) is 0 Å². The second-order valence-corrected chi connectivity index (χ2v) is 7.53. The van der Waals surface area contributed by atoms with Gasteiger partial charge in [-0.1, -0.05) is 54.5 Å². The highest BCUT2D eigenvalue weighted by molar-refractivity contribution is 6.51. The van der Waals surface area contributed by atoms with Gasteiger partial charge in [-0.05, 0) is 33.1 Å². The molecule has 20 heavy (non-hydrogen) atoms. The van der Waals surface area contributed by atoms with Crippen LogP contribution in [-0.4, -0.2) is 22.5 Å². The molecule has 0 saturated carbocycles. The van der Waals surface area contributed by atoms with Crippen molar-refractivity contribution in [1.29, 1.82) is 0 Å². The Morgan fingerprint density at radius 1 is 0.950 bits per heavy atom. The van der Waals surface area contributed by atoms with E-state index in [-0.39, 0.29) is 5.04 Å². The summed E-state index contributed by atoms with van der Waals surface area (Å²) in [5.74, 6) is 0. The molecule has 0 atom stereocenters. The third-order valence-electron chi connectivity index (χ3n) is 4.28. The van der Waals surface area contributed by atoms with Crippen LogP contribution >= 0.6 is 0 Å². The van der Waals surface area contributed by atoms with Crippen LogP contribution in [0.25, 0.3) is 0 Å². The average Bonchev–Trinajstić information content (AvgIpc) is 3.14. The van der Waals surface area contributed by atoms with Crippen LogP contribution in [0.3, 0.4) is 0 Å². The van der Waals surface area contributed by atoms with E-state index in [0.29, 0.717) is 0 Å². The molecular formula is C17H26O2Si. The van der Waals surface area contributed by atoms with Crippen LogP contribution in [-0.2, 0) is 8.85 Å². The van der Waals surface area contributed by atoms with Gasteiger partial charge in [0, 0.05) is 13.2 Å². The number of hydrogen-bond acceptors (Lipinski definition) is 2. The second kappa shape index (κ2) is 7.20. The number of rotatable bonds is 8. The van der Waals surface area contributed by atoms with E-state index < -0.39 is 9.28 Å². The van der Waals surface area contributed by atoms with Crippen molar-refractivity contribution in [3.05, 3.63) is 47.6 Å². The predicted molar refractivity (Wildman–Crippen MR) is 87.1 cm³/mol. The molecule has 110 valence electrons. The molecule has 0 bridgehead atoms. The highest BCUT2D eigenvalue weighted by atomic mass is 28.3. The van der Waals surface area contributed by atoms with Gasteiger partial charge in [-0.2, -0.15) is 0 Å². The molecule has 0 N–H and O–H groups in total. The lowest BCUT2D eigenvalue weighted by Crippen LogP contribution is -2.41. The monoisotopic (exact) mass is 290 g/mol. The van der Waals surface area contributed by atoms with Crippen molar-refractivity contribution in [2.75, 3.05) is 13.2 Å². The lowest BCUT2D eigenvalue weighted by Gasteiger charge is -2.40. The minimum absolute atomic E-state index is 0.0129. The Kier molecular flexibility index (Phi) is 5.58. The standard InChI is InChI=1S/C17H26O2Si/c1-4-17(15-11-7-8-12-15,16-13-9-10-14-16)20(18-5-2)19-6-3/h7-11,13,20H,4-6,12,14H2,1-3H3. The second-order valence-electron chi connectivity index (χ2n) is 5.22. The molecule has 0 aromatic rings. The van der Waals surface area contributed by atoms with E-state index in [0.717, 1.165) is 32.5 Å². The fourth-order valence-corrected chi connectivity index (χ4v) is 5.96. The van der Waals surface area contributed by atoms with Crippen LogP contribution in [0.2, 0.25) is 5.04 Å². The first kappa shape index (κ1) is 15.5. The molecule has 0 aliphatic heterocycles. The quantitative estimate of drug-likeness (QED) is 0.624. The van der Waals surface area contributed by atoms with Crippen molar-refractivity contribution in [3.63, 3.8) is 0 Å². The highest BCUT2D eigenvalue weighted by Crippen LogP contribution is 2.54. The smallest absolute Gasteiger partial charge is 0.336 e. The Balaban J connectivity index is 2.39. The largest absolute Gasteiger partial charge is 0.396 e. The van der Waals surface area contributed by atoms with Gasteiger partial charge in [0.1, 0.15) is 0 Å². The van der Waals surface area contributed by atoms with Crippen molar-refractivity contribution < 1.29 is 8.85 Å². The molecule has 3 heteroatoms. The van der Waals surface area contributed by atoms with Gasteiger partial charge in [0.2, 0.25) is 0 Å².